The minimum Gasteiger partial charge on any atom is -0.354 e. The second-order valence-electron chi connectivity index (χ2n) is 4.67. The molecule has 1 N–H and O–H groups in total. The van der Waals surface area contributed by atoms with Crippen molar-refractivity contribution >= 4 is 11.9 Å². The number of anilines is 2. The van der Waals surface area contributed by atoms with Crippen LogP contribution < -0.4 is 10.2 Å². The Hall–Kier alpha value is -2.24. The minimum absolute atomic E-state index is 0.602. The summed E-state index contributed by atoms with van der Waals surface area (Å²) in [6.07, 6.45) is 1.80. The van der Waals surface area contributed by atoms with Crippen LogP contribution in [0.2, 0.25) is 0 Å². The maximum absolute atomic E-state index is 4.58. The van der Waals surface area contributed by atoms with E-state index in [0.29, 0.717) is 17.7 Å². The number of pyridine rings is 1. The highest BCUT2D eigenvalue weighted by Gasteiger charge is 2.12. The molecule has 2 heterocycles. The first-order valence-corrected chi connectivity index (χ1v) is 7.35. The molecule has 2 rings (SSSR count). The molecule has 0 radical (unpaired) electrons. The van der Waals surface area contributed by atoms with Crippen molar-refractivity contribution in [1.29, 1.82) is 0 Å². The van der Waals surface area contributed by atoms with E-state index >= 15 is 0 Å². The van der Waals surface area contributed by atoms with Crippen molar-refractivity contribution in [2.45, 2.75) is 27.7 Å². The van der Waals surface area contributed by atoms with E-state index in [1.807, 2.05) is 26.0 Å². The van der Waals surface area contributed by atoms with Gasteiger partial charge < -0.3 is 10.2 Å². The number of nitrogens with one attached hydrogen (secondary N) is 1. The van der Waals surface area contributed by atoms with Crippen molar-refractivity contribution in [3.8, 4) is 11.4 Å². The summed E-state index contributed by atoms with van der Waals surface area (Å²) in [5.41, 5.74) is 1.87. The van der Waals surface area contributed by atoms with Gasteiger partial charge in [-0.1, -0.05) is 0 Å². The molecule has 0 bridgehead atoms. The number of hydrogen-bond acceptors (Lipinski definition) is 6. The number of hydrogen-bond donors (Lipinski definition) is 1. The van der Waals surface area contributed by atoms with Crippen LogP contribution in [0, 0.1) is 6.92 Å². The highest BCUT2D eigenvalue weighted by atomic mass is 15.3. The lowest BCUT2D eigenvalue weighted by molar-refractivity contribution is 0.813. The monoisotopic (exact) mass is 286 g/mol. The predicted molar refractivity (Wildman–Crippen MR) is 85.5 cm³/mol. The molecule has 0 aromatic carbocycles. The van der Waals surface area contributed by atoms with Crippen LogP contribution in [0.3, 0.4) is 0 Å². The molecular formula is C15H22N6. The number of aryl methyl sites for hydroxylation is 1. The van der Waals surface area contributed by atoms with E-state index in [1.165, 1.54) is 0 Å². The normalized spacial score (nSPS) is 10.5. The molecule has 0 aliphatic carbocycles. The third kappa shape index (κ3) is 3.65. The molecule has 0 aliphatic heterocycles. The van der Waals surface area contributed by atoms with Crippen molar-refractivity contribution in [1.82, 2.24) is 19.9 Å². The molecule has 0 aliphatic rings. The average Bonchev–Trinajstić information content (AvgIpc) is 2.49. The van der Waals surface area contributed by atoms with Crippen molar-refractivity contribution in [2.24, 2.45) is 0 Å². The van der Waals surface area contributed by atoms with Crippen LogP contribution in [0.1, 0.15) is 26.5 Å². The molecule has 6 nitrogen and oxygen atoms in total. The molecule has 0 spiro atoms. The van der Waals surface area contributed by atoms with Gasteiger partial charge in [0.15, 0.2) is 5.82 Å². The Bertz CT molecular complexity index is 577. The first-order valence-electron chi connectivity index (χ1n) is 7.35. The molecule has 0 unspecified atom stereocenters. The number of nitrogens with zero attached hydrogens (tertiary/aromatic N) is 5. The lowest BCUT2D eigenvalue weighted by Crippen LogP contribution is -2.25. The molecular weight excluding hydrogens is 264 g/mol. The molecule has 0 saturated carbocycles. The summed E-state index contributed by atoms with van der Waals surface area (Å²) in [6, 6.07) is 3.95. The number of aromatic nitrogens is 4. The largest absolute Gasteiger partial charge is 0.354 e. The van der Waals surface area contributed by atoms with Crippen LogP contribution in [0.15, 0.2) is 18.3 Å². The maximum atomic E-state index is 4.58. The molecule has 21 heavy (non-hydrogen) atoms. The molecule has 0 saturated heterocycles. The fraction of sp³-hybridized carbons (Fsp3) is 0.467. The van der Waals surface area contributed by atoms with Gasteiger partial charge in [-0.3, -0.25) is 4.98 Å². The topological polar surface area (TPSA) is 66.8 Å². The predicted octanol–water partition coefficient (Wildman–Crippen LogP) is 2.52. The first kappa shape index (κ1) is 15.2. The summed E-state index contributed by atoms with van der Waals surface area (Å²) in [5.74, 6) is 1.95. The summed E-state index contributed by atoms with van der Waals surface area (Å²) in [6.45, 7) is 10.7. The summed E-state index contributed by atoms with van der Waals surface area (Å²) in [4.78, 5) is 20.0. The highest BCUT2D eigenvalue weighted by molar-refractivity contribution is 5.57. The van der Waals surface area contributed by atoms with Gasteiger partial charge in [-0.05, 0) is 39.8 Å². The molecule has 6 heteroatoms. The van der Waals surface area contributed by atoms with Crippen molar-refractivity contribution in [3.05, 3.63) is 24.0 Å². The van der Waals surface area contributed by atoms with E-state index in [9.17, 15) is 0 Å². The molecule has 0 fully saturated rings. The Kier molecular flexibility index (Phi) is 5.03. The van der Waals surface area contributed by atoms with Gasteiger partial charge in [0.05, 0.1) is 0 Å². The van der Waals surface area contributed by atoms with Gasteiger partial charge in [-0.15, -0.1) is 0 Å². The van der Waals surface area contributed by atoms with Crippen LogP contribution in [-0.4, -0.2) is 39.6 Å². The minimum atomic E-state index is 0.602. The van der Waals surface area contributed by atoms with Gasteiger partial charge in [-0.2, -0.15) is 15.0 Å². The lowest BCUT2D eigenvalue weighted by Gasteiger charge is -2.19. The van der Waals surface area contributed by atoms with E-state index in [1.54, 1.807) is 6.20 Å². The van der Waals surface area contributed by atoms with Crippen LogP contribution in [0.5, 0.6) is 0 Å². The summed E-state index contributed by atoms with van der Waals surface area (Å²) in [5, 5.41) is 3.16. The molecule has 2 aromatic rings. The van der Waals surface area contributed by atoms with Crippen LogP contribution in [-0.2, 0) is 0 Å². The summed E-state index contributed by atoms with van der Waals surface area (Å²) >= 11 is 0. The standard InChI is InChI=1S/C15H22N6/c1-5-16-14-18-13(12-9-8-11(4)17-10-12)19-15(20-14)21(6-2)7-3/h8-10H,5-7H2,1-4H3,(H,16,18,19,20). The third-order valence-corrected chi connectivity index (χ3v) is 3.17. The van der Waals surface area contributed by atoms with E-state index in [-0.39, 0.29) is 0 Å². The Balaban J connectivity index is 2.46. The van der Waals surface area contributed by atoms with Gasteiger partial charge in [-0.25, -0.2) is 0 Å². The van der Waals surface area contributed by atoms with Gasteiger partial charge in [0.1, 0.15) is 0 Å². The van der Waals surface area contributed by atoms with E-state index in [0.717, 1.165) is 30.9 Å². The van der Waals surface area contributed by atoms with Crippen molar-refractivity contribution < 1.29 is 0 Å². The zero-order chi connectivity index (χ0) is 15.2. The first-order chi connectivity index (χ1) is 10.2. The van der Waals surface area contributed by atoms with E-state index in [4.69, 9.17) is 0 Å². The van der Waals surface area contributed by atoms with Gasteiger partial charge >= 0.3 is 0 Å². The van der Waals surface area contributed by atoms with Crippen LogP contribution in [0.25, 0.3) is 11.4 Å². The fourth-order valence-electron chi connectivity index (χ4n) is 1.98. The van der Waals surface area contributed by atoms with Crippen molar-refractivity contribution in [2.75, 3.05) is 29.9 Å². The number of rotatable bonds is 6. The average molecular weight is 286 g/mol. The quantitative estimate of drug-likeness (QED) is 0.880. The van der Waals surface area contributed by atoms with Gasteiger partial charge in [0, 0.05) is 37.1 Å². The summed E-state index contributed by atoms with van der Waals surface area (Å²) in [7, 11) is 0. The van der Waals surface area contributed by atoms with Gasteiger partial charge in [0.25, 0.3) is 0 Å². The highest BCUT2D eigenvalue weighted by Crippen LogP contribution is 2.19. The second-order valence-corrected chi connectivity index (χ2v) is 4.67. The Morgan fingerprint density at radius 2 is 1.81 bits per heavy atom. The molecule has 0 amide bonds. The Morgan fingerprint density at radius 1 is 1.05 bits per heavy atom. The smallest absolute Gasteiger partial charge is 0.230 e. The summed E-state index contributed by atoms with van der Waals surface area (Å²) < 4.78 is 0. The van der Waals surface area contributed by atoms with Crippen LogP contribution in [0.4, 0.5) is 11.9 Å². The van der Waals surface area contributed by atoms with Crippen molar-refractivity contribution in [3.63, 3.8) is 0 Å². The third-order valence-electron chi connectivity index (χ3n) is 3.17. The van der Waals surface area contributed by atoms with Crippen LogP contribution >= 0.6 is 0 Å². The Morgan fingerprint density at radius 3 is 2.38 bits per heavy atom. The maximum Gasteiger partial charge on any atom is 0.230 e. The molecule has 0 atom stereocenters. The van der Waals surface area contributed by atoms with Gasteiger partial charge in [0.2, 0.25) is 11.9 Å². The zero-order valence-electron chi connectivity index (χ0n) is 13.1. The van der Waals surface area contributed by atoms with E-state index < -0.39 is 0 Å². The molecule has 2 aromatic heterocycles. The SMILES string of the molecule is CCNc1nc(-c2ccc(C)nc2)nc(N(CC)CC)n1. The zero-order valence-corrected chi connectivity index (χ0v) is 13.1. The van der Waals surface area contributed by atoms with E-state index in [2.05, 4.69) is 44.0 Å². The Labute approximate surface area is 125 Å². The molecule has 112 valence electrons. The lowest BCUT2D eigenvalue weighted by atomic mass is 10.2. The second kappa shape index (κ2) is 6.97. The fourth-order valence-corrected chi connectivity index (χ4v) is 1.98.